The average Bonchev–Trinajstić information content (AvgIpc) is 2.96. The van der Waals surface area contributed by atoms with Crippen LogP contribution in [0.2, 0.25) is 0 Å². The molecule has 1 aliphatic heterocycles. The van der Waals surface area contributed by atoms with Crippen molar-refractivity contribution in [3.63, 3.8) is 0 Å². The molecule has 2 heterocycles. The fourth-order valence-corrected chi connectivity index (χ4v) is 3.86. The van der Waals surface area contributed by atoms with Crippen molar-refractivity contribution in [3.8, 4) is 0 Å². The molecular weight excluding hydrogens is 465 g/mol. The number of carbonyl (C=O) groups excluding carboxylic acids is 1. The molecule has 3 unspecified atom stereocenters. The summed E-state index contributed by atoms with van der Waals surface area (Å²) >= 11 is 0. The summed E-state index contributed by atoms with van der Waals surface area (Å²) in [6.07, 6.45) is -5.44. The first-order valence-corrected chi connectivity index (χ1v) is 11.4. The average molecular weight is 488 g/mol. The molecule has 1 aromatic carbocycles. The number of carbonyl (C=O) groups is 1. The number of aliphatic hydroxyl groups is 1. The molecule has 4 N–H and O–H groups in total. The highest BCUT2D eigenvalue weighted by molar-refractivity contribution is 7.51. The molecule has 3 rings (SSSR count). The molecule has 1 aliphatic rings. The fourth-order valence-electron chi connectivity index (χ4n) is 3.06. The highest BCUT2D eigenvalue weighted by atomic mass is 31.2. The normalized spacial score (nSPS) is 23.8. The molecule has 11 nitrogen and oxygen atoms in total. The monoisotopic (exact) mass is 488 g/mol. The Labute approximate surface area is 187 Å². The fraction of sp³-hybridized carbons (Fsp3) is 0.421. The molecule has 0 radical (unpaired) electrons. The molecule has 4 atom stereocenters. The molecule has 0 saturated carbocycles. The summed E-state index contributed by atoms with van der Waals surface area (Å²) in [4.78, 5) is 37.8. The molecule has 33 heavy (non-hydrogen) atoms. The predicted molar refractivity (Wildman–Crippen MR) is 112 cm³/mol. The van der Waals surface area contributed by atoms with Gasteiger partial charge in [-0.3, -0.25) is 19.0 Å². The molecule has 1 saturated heterocycles. The number of ether oxygens (including phenoxy) is 1. The zero-order valence-electron chi connectivity index (χ0n) is 17.6. The maximum atomic E-state index is 14.6. The Kier molecular flexibility index (Phi) is 7.29. The predicted octanol–water partition coefficient (Wildman–Crippen LogP) is 1.50. The molecule has 1 aromatic heterocycles. The van der Waals surface area contributed by atoms with Crippen LogP contribution in [0.5, 0.6) is 0 Å². The highest BCUT2D eigenvalue weighted by Gasteiger charge is 2.60. The van der Waals surface area contributed by atoms with E-state index in [0.717, 1.165) is 6.20 Å². The zero-order chi connectivity index (χ0) is 24.4. The lowest BCUT2D eigenvalue weighted by Crippen LogP contribution is -2.42. The van der Waals surface area contributed by atoms with Crippen LogP contribution in [0.3, 0.4) is 0 Å². The number of nitrogens with one attached hydrogen (secondary N) is 2. The van der Waals surface area contributed by atoms with Gasteiger partial charge in [0.1, 0.15) is 11.9 Å². The third-order valence-corrected chi connectivity index (χ3v) is 5.58. The molecule has 180 valence electrons. The molecule has 0 aliphatic carbocycles. The van der Waals surface area contributed by atoms with Gasteiger partial charge in [0.25, 0.3) is 5.91 Å². The molecule has 0 bridgehead atoms. The van der Waals surface area contributed by atoms with Gasteiger partial charge in [0.2, 0.25) is 6.23 Å². The third kappa shape index (κ3) is 5.81. The van der Waals surface area contributed by atoms with Crippen molar-refractivity contribution in [2.45, 2.75) is 44.2 Å². The van der Waals surface area contributed by atoms with Crippen molar-refractivity contribution in [1.29, 1.82) is 0 Å². The summed E-state index contributed by atoms with van der Waals surface area (Å²) in [5.74, 6) is -4.70. The van der Waals surface area contributed by atoms with Crippen molar-refractivity contribution < 1.29 is 37.4 Å². The first kappa shape index (κ1) is 24.9. The molecule has 1 fully saturated rings. The SMILES string of the molecule is CC(C)Nc1ccn(C2OC(COP(=O)(O)NC(=O)c3ccccc3)[C@@H](O)C2(F)F)c(=O)n1. The van der Waals surface area contributed by atoms with E-state index in [9.17, 15) is 32.9 Å². The Hall–Kier alpha value is -2.70. The van der Waals surface area contributed by atoms with E-state index >= 15 is 0 Å². The van der Waals surface area contributed by atoms with Crippen LogP contribution in [0.4, 0.5) is 14.6 Å². The summed E-state index contributed by atoms with van der Waals surface area (Å²) in [5.41, 5.74) is -0.983. The van der Waals surface area contributed by atoms with E-state index in [0.29, 0.717) is 4.57 Å². The Morgan fingerprint density at radius 1 is 1.33 bits per heavy atom. The summed E-state index contributed by atoms with van der Waals surface area (Å²) < 4.78 is 51.7. The summed E-state index contributed by atoms with van der Waals surface area (Å²) in [7, 11) is -4.78. The standard InChI is InChI=1S/C19H23F2N4O7P/c1-11(2)22-14-8-9-25(18(28)23-14)17-19(20,21)15(26)13(32-17)10-31-33(29,30)24-16(27)12-6-4-3-5-7-12/h3-9,11,13,15,17,26H,10H2,1-2H3,(H,22,23,28)(H2,24,27,29,30)/t13?,15-,17?/m1/s1. The highest BCUT2D eigenvalue weighted by Crippen LogP contribution is 2.44. The van der Waals surface area contributed by atoms with Gasteiger partial charge >= 0.3 is 19.4 Å². The summed E-state index contributed by atoms with van der Waals surface area (Å²) in [5, 5.41) is 14.6. The van der Waals surface area contributed by atoms with Gasteiger partial charge in [-0.15, -0.1) is 0 Å². The minimum atomic E-state index is -4.78. The van der Waals surface area contributed by atoms with Gasteiger partial charge in [0.05, 0.1) is 6.61 Å². The maximum absolute atomic E-state index is 14.6. The lowest BCUT2D eigenvalue weighted by Gasteiger charge is -2.21. The quantitative estimate of drug-likeness (QED) is 0.405. The van der Waals surface area contributed by atoms with Gasteiger partial charge in [0.15, 0.2) is 6.10 Å². The van der Waals surface area contributed by atoms with Gasteiger partial charge in [-0.2, -0.15) is 13.8 Å². The molecule has 1 amide bonds. The van der Waals surface area contributed by atoms with E-state index in [4.69, 9.17) is 9.26 Å². The van der Waals surface area contributed by atoms with E-state index in [2.05, 4.69) is 10.3 Å². The molecule has 14 heteroatoms. The number of hydrogen-bond acceptors (Lipinski definition) is 8. The van der Waals surface area contributed by atoms with Gasteiger partial charge in [0, 0.05) is 17.8 Å². The Morgan fingerprint density at radius 3 is 2.61 bits per heavy atom. The smallest absolute Gasteiger partial charge is 0.384 e. The van der Waals surface area contributed by atoms with Gasteiger partial charge in [-0.25, -0.2) is 9.36 Å². The van der Waals surface area contributed by atoms with Gasteiger partial charge in [-0.05, 0) is 32.0 Å². The van der Waals surface area contributed by atoms with Crippen LogP contribution in [-0.2, 0) is 13.8 Å². The topological polar surface area (TPSA) is 152 Å². The van der Waals surface area contributed by atoms with E-state index in [-0.39, 0.29) is 17.4 Å². The van der Waals surface area contributed by atoms with Crippen LogP contribution >= 0.6 is 7.75 Å². The number of hydrogen-bond donors (Lipinski definition) is 4. The number of halogens is 2. The summed E-state index contributed by atoms with van der Waals surface area (Å²) in [6.45, 7) is 2.63. The Morgan fingerprint density at radius 2 is 2.00 bits per heavy atom. The second-order valence-electron chi connectivity index (χ2n) is 7.57. The molecule has 2 aromatic rings. The number of rotatable bonds is 8. The molecular formula is C19H23F2N4O7P. The third-order valence-electron chi connectivity index (χ3n) is 4.59. The van der Waals surface area contributed by atoms with Crippen molar-refractivity contribution >= 4 is 19.5 Å². The van der Waals surface area contributed by atoms with E-state index in [1.54, 1.807) is 25.0 Å². The Balaban J connectivity index is 1.69. The Bertz CT molecular complexity index is 1100. The first-order valence-electron chi connectivity index (χ1n) is 9.83. The van der Waals surface area contributed by atoms with Crippen LogP contribution in [0.1, 0.15) is 30.4 Å². The van der Waals surface area contributed by atoms with Crippen LogP contribution in [0, 0.1) is 0 Å². The maximum Gasteiger partial charge on any atom is 0.432 e. The van der Waals surface area contributed by atoms with Crippen molar-refractivity contribution in [2.24, 2.45) is 0 Å². The minimum absolute atomic E-state index is 0.0585. The second kappa shape index (κ2) is 9.65. The van der Waals surface area contributed by atoms with Gasteiger partial charge < -0.3 is 20.1 Å². The zero-order valence-corrected chi connectivity index (χ0v) is 18.5. The number of benzene rings is 1. The minimum Gasteiger partial charge on any atom is -0.384 e. The number of aliphatic hydroxyl groups excluding tert-OH is 1. The van der Waals surface area contributed by atoms with Gasteiger partial charge in [-0.1, -0.05) is 18.2 Å². The van der Waals surface area contributed by atoms with Crippen molar-refractivity contribution in [2.75, 3.05) is 11.9 Å². The van der Waals surface area contributed by atoms with Crippen molar-refractivity contribution in [1.82, 2.24) is 14.6 Å². The first-order chi connectivity index (χ1) is 15.4. The van der Waals surface area contributed by atoms with Crippen LogP contribution in [0.25, 0.3) is 0 Å². The number of aromatic nitrogens is 2. The van der Waals surface area contributed by atoms with E-state index in [1.807, 2.05) is 0 Å². The number of anilines is 1. The van der Waals surface area contributed by atoms with E-state index in [1.165, 1.54) is 30.3 Å². The number of amides is 1. The largest absolute Gasteiger partial charge is 0.432 e. The van der Waals surface area contributed by atoms with Crippen LogP contribution in [0.15, 0.2) is 47.4 Å². The lowest BCUT2D eigenvalue weighted by molar-refractivity contribution is -0.140. The number of alkyl halides is 2. The second-order valence-corrected chi connectivity index (χ2v) is 9.09. The van der Waals surface area contributed by atoms with Crippen LogP contribution in [-0.4, -0.2) is 56.2 Å². The van der Waals surface area contributed by atoms with Crippen LogP contribution < -0.4 is 16.1 Å². The summed E-state index contributed by atoms with van der Waals surface area (Å²) in [6, 6.07) is 8.71. The number of nitrogens with zero attached hydrogens (tertiary/aromatic N) is 2. The van der Waals surface area contributed by atoms with E-state index < -0.39 is 50.3 Å². The lowest BCUT2D eigenvalue weighted by atomic mass is 10.1. The van der Waals surface area contributed by atoms with Crippen molar-refractivity contribution in [3.05, 3.63) is 58.6 Å². The molecule has 0 spiro atoms.